The fourth-order valence-corrected chi connectivity index (χ4v) is 3.07. The van der Waals surface area contributed by atoms with E-state index in [-0.39, 0.29) is 0 Å². The third kappa shape index (κ3) is 4.60. The molecule has 1 aliphatic rings. The van der Waals surface area contributed by atoms with E-state index in [2.05, 4.69) is 44.1 Å². The second kappa shape index (κ2) is 8.67. The van der Waals surface area contributed by atoms with E-state index in [1.807, 2.05) is 24.4 Å². The molecule has 1 aromatic heterocycles. The minimum Gasteiger partial charge on any atom is -0.495 e. The molecule has 1 N–H and O–H groups in total. The Kier molecular flexibility index (Phi) is 6.06. The molecule has 6 nitrogen and oxygen atoms in total. The van der Waals surface area contributed by atoms with Crippen molar-refractivity contribution < 1.29 is 4.74 Å². The standard InChI is InChI=1S/C19H27N5O/c1-3-6-18-20-10-9-19(22-18)21-15-23-11-13-24(14-12-23)16-7-4-5-8-17(16)25-2/h4-5,7-10H,3,6,11-15H2,1-2H3,(H,20,21,22). The molecule has 134 valence electrons. The molecule has 0 unspecified atom stereocenters. The molecule has 0 aliphatic carbocycles. The van der Waals surface area contributed by atoms with Gasteiger partial charge in [-0.05, 0) is 24.6 Å². The van der Waals surface area contributed by atoms with Crippen molar-refractivity contribution in [3.05, 3.63) is 42.4 Å². The highest BCUT2D eigenvalue weighted by Crippen LogP contribution is 2.28. The number of ether oxygens (including phenoxy) is 1. The topological polar surface area (TPSA) is 53.5 Å². The first-order chi connectivity index (χ1) is 12.3. The van der Waals surface area contributed by atoms with E-state index in [1.165, 1.54) is 5.69 Å². The van der Waals surface area contributed by atoms with Crippen molar-refractivity contribution in [1.29, 1.82) is 0 Å². The van der Waals surface area contributed by atoms with Crippen molar-refractivity contribution in [3.8, 4) is 5.75 Å². The molecule has 0 spiro atoms. The molecule has 0 amide bonds. The summed E-state index contributed by atoms with van der Waals surface area (Å²) in [6.45, 7) is 6.96. The summed E-state index contributed by atoms with van der Waals surface area (Å²) in [5, 5.41) is 3.42. The summed E-state index contributed by atoms with van der Waals surface area (Å²) < 4.78 is 5.48. The van der Waals surface area contributed by atoms with Crippen LogP contribution in [0.2, 0.25) is 0 Å². The van der Waals surface area contributed by atoms with Crippen LogP contribution in [-0.4, -0.2) is 54.8 Å². The smallest absolute Gasteiger partial charge is 0.142 e. The van der Waals surface area contributed by atoms with Gasteiger partial charge in [0.15, 0.2) is 0 Å². The highest BCUT2D eigenvalue weighted by Gasteiger charge is 2.19. The molecule has 1 aliphatic heterocycles. The Balaban J connectivity index is 1.50. The summed E-state index contributed by atoms with van der Waals surface area (Å²) in [5.41, 5.74) is 1.18. The van der Waals surface area contributed by atoms with Crippen LogP contribution in [0.3, 0.4) is 0 Å². The summed E-state index contributed by atoms with van der Waals surface area (Å²) in [5.74, 6) is 2.76. The van der Waals surface area contributed by atoms with Gasteiger partial charge in [0.1, 0.15) is 17.4 Å². The Morgan fingerprint density at radius 2 is 1.92 bits per heavy atom. The SMILES string of the molecule is CCCc1nccc(NCN2CCN(c3ccccc3OC)CC2)n1. The highest BCUT2D eigenvalue weighted by molar-refractivity contribution is 5.58. The lowest BCUT2D eigenvalue weighted by atomic mass is 10.2. The van der Waals surface area contributed by atoms with Gasteiger partial charge in [-0.3, -0.25) is 4.90 Å². The Morgan fingerprint density at radius 3 is 2.68 bits per heavy atom. The first kappa shape index (κ1) is 17.5. The zero-order chi connectivity index (χ0) is 17.5. The molecule has 25 heavy (non-hydrogen) atoms. The molecule has 1 aromatic carbocycles. The third-order valence-corrected chi connectivity index (χ3v) is 4.46. The molecule has 3 rings (SSSR count). The monoisotopic (exact) mass is 341 g/mol. The minimum absolute atomic E-state index is 0.808. The van der Waals surface area contributed by atoms with E-state index in [4.69, 9.17) is 4.74 Å². The number of para-hydroxylation sites is 2. The minimum atomic E-state index is 0.808. The van der Waals surface area contributed by atoms with Crippen LogP contribution in [0.4, 0.5) is 11.5 Å². The van der Waals surface area contributed by atoms with E-state index in [0.717, 1.165) is 63.1 Å². The predicted molar refractivity (Wildman–Crippen MR) is 101 cm³/mol. The van der Waals surface area contributed by atoms with Crippen molar-refractivity contribution >= 4 is 11.5 Å². The van der Waals surface area contributed by atoms with Crippen molar-refractivity contribution in [2.24, 2.45) is 0 Å². The van der Waals surface area contributed by atoms with Crippen LogP contribution in [0.5, 0.6) is 5.75 Å². The normalized spacial score (nSPS) is 15.2. The molecule has 0 atom stereocenters. The van der Waals surface area contributed by atoms with Crippen molar-refractivity contribution in [1.82, 2.24) is 14.9 Å². The van der Waals surface area contributed by atoms with Gasteiger partial charge in [0, 0.05) is 38.8 Å². The van der Waals surface area contributed by atoms with Gasteiger partial charge in [0.05, 0.1) is 19.5 Å². The fraction of sp³-hybridized carbons (Fsp3) is 0.474. The number of hydrogen-bond donors (Lipinski definition) is 1. The van der Waals surface area contributed by atoms with E-state index >= 15 is 0 Å². The quantitative estimate of drug-likeness (QED) is 0.835. The highest BCUT2D eigenvalue weighted by atomic mass is 16.5. The molecule has 2 aromatic rings. The van der Waals surface area contributed by atoms with E-state index in [1.54, 1.807) is 7.11 Å². The average Bonchev–Trinajstić information content (AvgIpc) is 2.67. The van der Waals surface area contributed by atoms with Crippen LogP contribution < -0.4 is 15.0 Å². The van der Waals surface area contributed by atoms with Crippen LogP contribution in [0, 0.1) is 0 Å². The number of nitrogens with zero attached hydrogens (tertiary/aromatic N) is 4. The fourth-order valence-electron chi connectivity index (χ4n) is 3.07. The molecule has 0 saturated carbocycles. The summed E-state index contributed by atoms with van der Waals surface area (Å²) in [4.78, 5) is 13.7. The Hall–Kier alpha value is -2.34. The number of hydrogen-bond acceptors (Lipinski definition) is 6. The van der Waals surface area contributed by atoms with E-state index in [9.17, 15) is 0 Å². The van der Waals surface area contributed by atoms with Gasteiger partial charge in [0.25, 0.3) is 0 Å². The van der Waals surface area contributed by atoms with Crippen molar-refractivity contribution in [3.63, 3.8) is 0 Å². The van der Waals surface area contributed by atoms with Gasteiger partial charge in [-0.1, -0.05) is 19.1 Å². The van der Waals surface area contributed by atoms with Crippen LogP contribution in [0.1, 0.15) is 19.2 Å². The van der Waals surface area contributed by atoms with Crippen molar-refractivity contribution in [2.45, 2.75) is 19.8 Å². The van der Waals surface area contributed by atoms with Crippen LogP contribution >= 0.6 is 0 Å². The zero-order valence-corrected chi connectivity index (χ0v) is 15.1. The molecule has 6 heteroatoms. The zero-order valence-electron chi connectivity index (χ0n) is 15.1. The van der Waals surface area contributed by atoms with Gasteiger partial charge < -0.3 is 15.0 Å². The molecular formula is C19H27N5O. The van der Waals surface area contributed by atoms with Gasteiger partial charge in [-0.15, -0.1) is 0 Å². The Labute approximate surface area is 149 Å². The average molecular weight is 341 g/mol. The summed E-state index contributed by atoms with van der Waals surface area (Å²) in [6.07, 6.45) is 3.82. The first-order valence-corrected chi connectivity index (χ1v) is 8.96. The number of methoxy groups -OCH3 is 1. The molecule has 2 heterocycles. The lowest BCUT2D eigenvalue weighted by molar-refractivity contribution is 0.273. The maximum Gasteiger partial charge on any atom is 0.142 e. The number of anilines is 2. The van der Waals surface area contributed by atoms with E-state index in [0.29, 0.717) is 0 Å². The Bertz CT molecular complexity index is 670. The number of aromatic nitrogens is 2. The summed E-state index contributed by atoms with van der Waals surface area (Å²) in [6, 6.07) is 10.2. The lowest BCUT2D eigenvalue weighted by Crippen LogP contribution is -2.48. The predicted octanol–water partition coefficient (Wildman–Crippen LogP) is 2.63. The lowest BCUT2D eigenvalue weighted by Gasteiger charge is -2.36. The molecule has 0 bridgehead atoms. The maximum absolute atomic E-state index is 5.48. The Morgan fingerprint density at radius 1 is 1.12 bits per heavy atom. The largest absolute Gasteiger partial charge is 0.495 e. The van der Waals surface area contributed by atoms with Gasteiger partial charge in [-0.2, -0.15) is 0 Å². The van der Waals surface area contributed by atoms with Crippen LogP contribution in [0.25, 0.3) is 0 Å². The summed E-state index contributed by atoms with van der Waals surface area (Å²) in [7, 11) is 1.73. The molecule has 1 saturated heterocycles. The number of rotatable bonds is 7. The van der Waals surface area contributed by atoms with Crippen LogP contribution in [-0.2, 0) is 6.42 Å². The van der Waals surface area contributed by atoms with Gasteiger partial charge in [0.2, 0.25) is 0 Å². The van der Waals surface area contributed by atoms with Gasteiger partial charge in [-0.25, -0.2) is 9.97 Å². The van der Waals surface area contributed by atoms with Crippen LogP contribution in [0.15, 0.2) is 36.5 Å². The number of nitrogens with one attached hydrogen (secondary N) is 1. The first-order valence-electron chi connectivity index (χ1n) is 8.96. The number of aryl methyl sites for hydroxylation is 1. The maximum atomic E-state index is 5.48. The molecular weight excluding hydrogens is 314 g/mol. The third-order valence-electron chi connectivity index (χ3n) is 4.46. The second-order valence-corrected chi connectivity index (χ2v) is 6.22. The number of benzene rings is 1. The molecule has 0 radical (unpaired) electrons. The number of piperazine rings is 1. The van der Waals surface area contributed by atoms with E-state index < -0.39 is 0 Å². The second-order valence-electron chi connectivity index (χ2n) is 6.22. The summed E-state index contributed by atoms with van der Waals surface area (Å²) >= 11 is 0. The molecule has 1 fully saturated rings. The van der Waals surface area contributed by atoms with Gasteiger partial charge >= 0.3 is 0 Å². The van der Waals surface area contributed by atoms with Crippen molar-refractivity contribution in [2.75, 3.05) is 50.2 Å².